The zero-order chi connectivity index (χ0) is 16.0. The Kier molecular flexibility index (Phi) is 5.82. The van der Waals surface area contributed by atoms with E-state index in [9.17, 15) is 13.2 Å². The van der Waals surface area contributed by atoms with Gasteiger partial charge in [0.2, 0.25) is 5.88 Å². The van der Waals surface area contributed by atoms with Gasteiger partial charge in [0.1, 0.15) is 5.82 Å². The predicted octanol–water partition coefficient (Wildman–Crippen LogP) is 2.56. The zero-order valence-electron chi connectivity index (χ0n) is 12.6. The van der Waals surface area contributed by atoms with Crippen molar-refractivity contribution in [3.8, 4) is 5.88 Å². The molecule has 0 aliphatic carbocycles. The summed E-state index contributed by atoms with van der Waals surface area (Å²) in [6.07, 6.45) is 0.551. The maximum atomic E-state index is 12.3. The van der Waals surface area contributed by atoms with Gasteiger partial charge in [0, 0.05) is 6.54 Å². The van der Waals surface area contributed by atoms with Crippen LogP contribution in [-0.2, 0) is 0 Å². The summed E-state index contributed by atoms with van der Waals surface area (Å²) in [4.78, 5) is 9.76. The number of alkyl halides is 3. The van der Waals surface area contributed by atoms with E-state index >= 15 is 0 Å². The first-order valence-corrected chi connectivity index (χ1v) is 7.44. The second kappa shape index (κ2) is 7.62. The molecule has 124 valence electrons. The normalized spacial score (nSPS) is 17.5. The lowest BCUT2D eigenvalue weighted by Crippen LogP contribution is -2.41. The van der Waals surface area contributed by atoms with E-state index in [0.29, 0.717) is 43.9 Å². The van der Waals surface area contributed by atoms with Gasteiger partial charge in [-0.25, -0.2) is 0 Å². The van der Waals surface area contributed by atoms with Gasteiger partial charge in [-0.1, -0.05) is 0 Å². The van der Waals surface area contributed by atoms with Gasteiger partial charge >= 0.3 is 6.18 Å². The maximum absolute atomic E-state index is 12.3. The minimum absolute atomic E-state index is 0.349. The third kappa shape index (κ3) is 5.67. The fourth-order valence-electron chi connectivity index (χ4n) is 2.50. The molecule has 0 bridgehead atoms. The quantitative estimate of drug-likeness (QED) is 0.873. The van der Waals surface area contributed by atoms with Crippen molar-refractivity contribution in [2.75, 3.05) is 38.1 Å². The van der Waals surface area contributed by atoms with E-state index in [1.54, 1.807) is 12.4 Å². The van der Waals surface area contributed by atoms with Crippen molar-refractivity contribution in [1.29, 1.82) is 0 Å². The highest BCUT2D eigenvalue weighted by atomic mass is 19.4. The topological polar surface area (TPSA) is 50.3 Å². The predicted molar refractivity (Wildman–Crippen MR) is 76.9 cm³/mol. The number of rotatable bonds is 6. The van der Waals surface area contributed by atoms with Crippen LogP contribution in [0, 0.1) is 5.92 Å². The van der Waals surface area contributed by atoms with Crippen LogP contribution < -0.4 is 10.1 Å². The molecule has 0 aromatic carbocycles. The summed E-state index contributed by atoms with van der Waals surface area (Å²) in [5, 5.41) is 3.18. The van der Waals surface area contributed by atoms with E-state index in [4.69, 9.17) is 4.74 Å². The average Bonchev–Trinajstić information content (AvgIpc) is 2.46. The average molecular weight is 318 g/mol. The number of anilines is 1. The summed E-state index contributed by atoms with van der Waals surface area (Å²) in [6.45, 7) is 3.23. The van der Waals surface area contributed by atoms with Gasteiger partial charge in [0.15, 0.2) is 0 Å². The summed E-state index contributed by atoms with van der Waals surface area (Å²) in [5.41, 5.74) is 0. The monoisotopic (exact) mass is 318 g/mol. The first-order valence-electron chi connectivity index (χ1n) is 7.44. The Balaban J connectivity index is 1.74. The van der Waals surface area contributed by atoms with Gasteiger partial charge in [-0.3, -0.25) is 9.88 Å². The largest absolute Gasteiger partial charge is 0.477 e. The molecular formula is C14H21F3N4O. The van der Waals surface area contributed by atoms with Crippen LogP contribution in [0.25, 0.3) is 0 Å². The smallest absolute Gasteiger partial charge is 0.401 e. The molecule has 1 aliphatic heterocycles. The van der Waals surface area contributed by atoms with Crippen molar-refractivity contribution < 1.29 is 17.9 Å². The van der Waals surface area contributed by atoms with Crippen LogP contribution in [-0.4, -0.2) is 53.8 Å². The molecule has 1 aromatic heterocycles. The highest BCUT2D eigenvalue weighted by Gasteiger charge is 2.32. The molecule has 2 heterocycles. The summed E-state index contributed by atoms with van der Waals surface area (Å²) in [5.74, 6) is 1.44. The van der Waals surface area contributed by atoms with E-state index in [-0.39, 0.29) is 0 Å². The van der Waals surface area contributed by atoms with Gasteiger partial charge in [0.25, 0.3) is 0 Å². The molecule has 1 aromatic rings. The Hall–Kier alpha value is -1.57. The van der Waals surface area contributed by atoms with E-state index in [1.807, 2.05) is 6.92 Å². The fraction of sp³-hybridized carbons (Fsp3) is 0.714. The van der Waals surface area contributed by atoms with E-state index in [0.717, 1.165) is 12.8 Å². The molecular weight excluding hydrogens is 297 g/mol. The van der Waals surface area contributed by atoms with Crippen LogP contribution in [0.1, 0.15) is 19.8 Å². The molecule has 0 radical (unpaired) electrons. The standard InChI is InChI=1S/C14H21F3N4O/c1-2-22-13-9-18-8-12(20-13)19-7-11-3-5-21(6-4-11)10-14(15,16)17/h8-9,11H,2-7,10H2,1H3,(H,19,20). The van der Waals surface area contributed by atoms with Crippen LogP contribution in [0.3, 0.4) is 0 Å². The number of nitrogens with one attached hydrogen (secondary N) is 1. The van der Waals surface area contributed by atoms with Crippen molar-refractivity contribution in [1.82, 2.24) is 14.9 Å². The van der Waals surface area contributed by atoms with Crippen molar-refractivity contribution in [3.63, 3.8) is 0 Å². The minimum Gasteiger partial charge on any atom is -0.477 e. The molecule has 0 saturated carbocycles. The van der Waals surface area contributed by atoms with Crippen molar-refractivity contribution in [2.24, 2.45) is 5.92 Å². The summed E-state index contributed by atoms with van der Waals surface area (Å²) in [6, 6.07) is 0. The van der Waals surface area contributed by atoms with Crippen molar-refractivity contribution >= 4 is 5.82 Å². The molecule has 8 heteroatoms. The number of aromatic nitrogens is 2. The van der Waals surface area contributed by atoms with E-state index in [2.05, 4.69) is 15.3 Å². The van der Waals surface area contributed by atoms with E-state index < -0.39 is 12.7 Å². The van der Waals surface area contributed by atoms with Gasteiger partial charge in [-0.05, 0) is 38.8 Å². The number of ether oxygens (including phenoxy) is 1. The molecule has 0 unspecified atom stereocenters. The second-order valence-electron chi connectivity index (χ2n) is 5.39. The first-order chi connectivity index (χ1) is 10.5. The van der Waals surface area contributed by atoms with Gasteiger partial charge in [-0.15, -0.1) is 0 Å². The summed E-state index contributed by atoms with van der Waals surface area (Å²) >= 11 is 0. The maximum Gasteiger partial charge on any atom is 0.401 e. The summed E-state index contributed by atoms with van der Waals surface area (Å²) in [7, 11) is 0. The Bertz CT molecular complexity index is 462. The lowest BCUT2D eigenvalue weighted by atomic mass is 9.97. The number of hydrogen-bond acceptors (Lipinski definition) is 5. The Labute approximate surface area is 127 Å². The second-order valence-corrected chi connectivity index (χ2v) is 5.39. The van der Waals surface area contributed by atoms with E-state index in [1.165, 1.54) is 4.90 Å². The number of hydrogen-bond donors (Lipinski definition) is 1. The Morgan fingerprint density at radius 3 is 2.68 bits per heavy atom. The lowest BCUT2D eigenvalue weighted by Gasteiger charge is -2.32. The molecule has 1 aliphatic rings. The van der Waals surface area contributed by atoms with Crippen molar-refractivity contribution in [2.45, 2.75) is 25.9 Å². The molecule has 0 amide bonds. The van der Waals surface area contributed by atoms with Crippen LogP contribution in [0.4, 0.5) is 19.0 Å². The third-order valence-electron chi connectivity index (χ3n) is 3.59. The molecule has 1 fully saturated rings. The molecule has 0 spiro atoms. The Morgan fingerprint density at radius 2 is 2.05 bits per heavy atom. The number of halogens is 3. The molecule has 0 atom stereocenters. The molecule has 5 nitrogen and oxygen atoms in total. The fourth-order valence-corrected chi connectivity index (χ4v) is 2.50. The number of nitrogens with zero attached hydrogens (tertiary/aromatic N) is 3. The number of piperidine rings is 1. The zero-order valence-corrected chi connectivity index (χ0v) is 12.6. The highest BCUT2D eigenvalue weighted by molar-refractivity contribution is 5.33. The molecule has 1 saturated heterocycles. The van der Waals surface area contributed by atoms with Crippen LogP contribution in [0.2, 0.25) is 0 Å². The molecule has 1 N–H and O–H groups in total. The first kappa shape index (κ1) is 16.8. The number of likely N-dealkylation sites (tertiary alicyclic amines) is 1. The van der Waals surface area contributed by atoms with Gasteiger partial charge < -0.3 is 10.1 Å². The molecule has 22 heavy (non-hydrogen) atoms. The van der Waals surface area contributed by atoms with Crippen LogP contribution >= 0.6 is 0 Å². The highest BCUT2D eigenvalue weighted by Crippen LogP contribution is 2.22. The third-order valence-corrected chi connectivity index (χ3v) is 3.59. The minimum atomic E-state index is -4.11. The van der Waals surface area contributed by atoms with Crippen LogP contribution in [0.5, 0.6) is 5.88 Å². The Morgan fingerprint density at radius 1 is 1.32 bits per heavy atom. The van der Waals surface area contributed by atoms with Crippen molar-refractivity contribution in [3.05, 3.63) is 12.4 Å². The van der Waals surface area contributed by atoms with Crippen LogP contribution in [0.15, 0.2) is 12.4 Å². The lowest BCUT2D eigenvalue weighted by molar-refractivity contribution is -0.148. The van der Waals surface area contributed by atoms with Gasteiger partial charge in [0.05, 0.1) is 25.5 Å². The summed E-state index contributed by atoms with van der Waals surface area (Å²) < 4.78 is 42.3. The van der Waals surface area contributed by atoms with Gasteiger partial charge in [-0.2, -0.15) is 18.2 Å². The molecule has 2 rings (SSSR count). The SMILES string of the molecule is CCOc1cncc(NCC2CCN(CC(F)(F)F)CC2)n1.